The lowest BCUT2D eigenvalue weighted by atomic mass is 10.4. The fourth-order valence-corrected chi connectivity index (χ4v) is 3.78. The number of nitrogens with one attached hydrogen (secondary N) is 2. The zero-order chi connectivity index (χ0) is 20.5. The van der Waals surface area contributed by atoms with Crippen LogP contribution < -0.4 is 19.5 Å². The Morgan fingerprint density at radius 3 is 2.57 bits per heavy atom. The van der Waals surface area contributed by atoms with Gasteiger partial charge in [-0.3, -0.25) is 9.72 Å². The van der Waals surface area contributed by atoms with Crippen molar-refractivity contribution in [2.75, 3.05) is 19.5 Å². The smallest absolute Gasteiger partial charge is 0.335 e. The van der Waals surface area contributed by atoms with Crippen LogP contribution in [0.3, 0.4) is 0 Å². The van der Waals surface area contributed by atoms with Crippen LogP contribution in [0.15, 0.2) is 23.4 Å². The summed E-state index contributed by atoms with van der Waals surface area (Å²) in [5.41, 5.74) is 0.254. The van der Waals surface area contributed by atoms with Crippen LogP contribution in [0.25, 0.3) is 5.65 Å². The zero-order valence-corrected chi connectivity index (χ0v) is 16.4. The molecule has 0 spiro atoms. The number of imidazole rings is 1. The molecule has 3 aromatic heterocycles. The highest BCUT2D eigenvalue weighted by Gasteiger charge is 2.27. The van der Waals surface area contributed by atoms with Gasteiger partial charge < -0.3 is 9.47 Å². The zero-order valence-electron chi connectivity index (χ0n) is 14.8. The van der Waals surface area contributed by atoms with Gasteiger partial charge >= 0.3 is 12.0 Å². The minimum atomic E-state index is -4.40. The van der Waals surface area contributed by atoms with E-state index >= 15 is 0 Å². The fraction of sp³-hybridized carbons (Fsp3) is 0.214. The van der Waals surface area contributed by atoms with Crippen LogP contribution in [-0.2, 0) is 10.0 Å². The number of aromatic nitrogens is 5. The van der Waals surface area contributed by atoms with Gasteiger partial charge in [-0.25, -0.2) is 14.5 Å². The molecule has 0 aliphatic heterocycles. The van der Waals surface area contributed by atoms with Crippen LogP contribution in [0.2, 0.25) is 5.15 Å². The van der Waals surface area contributed by atoms with Gasteiger partial charge in [0.1, 0.15) is 17.2 Å². The summed E-state index contributed by atoms with van der Waals surface area (Å²) >= 11 is 5.98. The van der Waals surface area contributed by atoms with E-state index in [1.54, 1.807) is 13.0 Å². The quantitative estimate of drug-likeness (QED) is 0.607. The van der Waals surface area contributed by atoms with E-state index in [0.717, 1.165) is 0 Å². The minimum absolute atomic E-state index is 0.0393. The molecule has 0 unspecified atom stereocenters. The first-order valence-corrected chi connectivity index (χ1v) is 9.41. The molecule has 14 heteroatoms. The van der Waals surface area contributed by atoms with Crippen molar-refractivity contribution in [2.45, 2.75) is 11.9 Å². The van der Waals surface area contributed by atoms with E-state index in [1.807, 2.05) is 4.72 Å². The van der Waals surface area contributed by atoms with Crippen LogP contribution in [0.4, 0.5) is 10.7 Å². The van der Waals surface area contributed by atoms with Crippen LogP contribution in [-0.4, -0.2) is 53.0 Å². The Bertz CT molecular complexity index is 1160. The summed E-state index contributed by atoms with van der Waals surface area (Å²) in [6.07, 6.45) is 1.38. The number of hydrogen-bond donors (Lipinski definition) is 2. The first-order chi connectivity index (χ1) is 13.2. The normalized spacial score (nSPS) is 11.3. The highest BCUT2D eigenvalue weighted by atomic mass is 35.5. The lowest BCUT2D eigenvalue weighted by molar-refractivity contribution is 0.256. The number of carbonyl (C=O) groups is 1. The van der Waals surface area contributed by atoms with E-state index in [1.165, 1.54) is 30.9 Å². The predicted octanol–water partition coefficient (Wildman–Crippen LogP) is 1.01. The number of pyridine rings is 1. The van der Waals surface area contributed by atoms with Crippen molar-refractivity contribution in [3.8, 4) is 11.8 Å². The minimum Gasteiger partial charge on any atom is -0.495 e. The summed E-state index contributed by atoms with van der Waals surface area (Å²) in [7, 11) is -1.64. The molecule has 12 nitrogen and oxygen atoms in total. The number of sulfonamides is 1. The van der Waals surface area contributed by atoms with Gasteiger partial charge in [0.2, 0.25) is 5.95 Å². The predicted molar refractivity (Wildman–Crippen MR) is 97.2 cm³/mol. The molecule has 0 bridgehead atoms. The first-order valence-electron chi connectivity index (χ1n) is 7.55. The molecule has 0 atom stereocenters. The summed E-state index contributed by atoms with van der Waals surface area (Å²) in [5, 5.41) is 1.45. The van der Waals surface area contributed by atoms with Gasteiger partial charge in [-0.2, -0.15) is 23.4 Å². The molecule has 2 N–H and O–H groups in total. The van der Waals surface area contributed by atoms with Crippen molar-refractivity contribution in [3.05, 3.63) is 29.3 Å². The highest BCUT2D eigenvalue weighted by molar-refractivity contribution is 7.90. The third-order valence-electron chi connectivity index (χ3n) is 3.36. The maximum Gasteiger partial charge on any atom is 0.335 e. The number of nitrogens with zero attached hydrogens (tertiary/aromatic N) is 5. The standard InChI is InChI=1S/C14H14ClN7O5S/c1-7-16-12(20-14(17-7)27-3)19-13(23)21-28(24,25)11-10(15)18-9-5-4-8(26-2)6-22(9)11/h4-6H,1-3H3,(H2,16,17,19,20,21,23). The summed E-state index contributed by atoms with van der Waals surface area (Å²) < 4.78 is 38.3. The number of rotatable bonds is 5. The summed E-state index contributed by atoms with van der Waals surface area (Å²) in [5.74, 6) is 0.445. The molecular weight excluding hydrogens is 414 g/mol. The Morgan fingerprint density at radius 1 is 1.14 bits per heavy atom. The maximum absolute atomic E-state index is 12.7. The molecule has 28 heavy (non-hydrogen) atoms. The highest BCUT2D eigenvalue weighted by Crippen LogP contribution is 2.25. The Labute approximate surface area is 163 Å². The molecule has 3 heterocycles. The fourth-order valence-electron chi connectivity index (χ4n) is 2.24. The lowest BCUT2D eigenvalue weighted by Gasteiger charge is -2.09. The summed E-state index contributed by atoms with van der Waals surface area (Å²) in [6, 6.07) is 1.96. The molecule has 0 fully saturated rings. The summed E-state index contributed by atoms with van der Waals surface area (Å²) in [6.45, 7) is 1.55. The molecular formula is C14H14ClN7O5S. The third-order valence-corrected chi connectivity index (χ3v) is 5.09. The molecule has 3 rings (SSSR count). The lowest BCUT2D eigenvalue weighted by Crippen LogP contribution is -2.35. The average molecular weight is 428 g/mol. The summed E-state index contributed by atoms with van der Waals surface area (Å²) in [4.78, 5) is 27.7. The molecule has 148 valence electrons. The van der Waals surface area contributed by atoms with E-state index < -0.39 is 21.1 Å². The average Bonchev–Trinajstić information content (AvgIpc) is 2.95. The van der Waals surface area contributed by atoms with Crippen molar-refractivity contribution in [3.63, 3.8) is 0 Å². The van der Waals surface area contributed by atoms with E-state index in [-0.39, 0.29) is 28.6 Å². The second-order valence-electron chi connectivity index (χ2n) is 5.26. The van der Waals surface area contributed by atoms with Gasteiger partial charge in [-0.05, 0) is 19.1 Å². The van der Waals surface area contributed by atoms with Gasteiger partial charge in [0.05, 0.1) is 20.4 Å². The van der Waals surface area contributed by atoms with Crippen LogP contribution >= 0.6 is 11.6 Å². The Kier molecular flexibility index (Phi) is 5.20. The SMILES string of the molecule is COc1ccc2nc(Cl)c(S(=O)(=O)NC(=O)Nc3nc(C)nc(OC)n3)n2c1. The van der Waals surface area contributed by atoms with Gasteiger partial charge in [0, 0.05) is 0 Å². The number of anilines is 1. The molecule has 0 aliphatic carbocycles. The van der Waals surface area contributed by atoms with E-state index in [9.17, 15) is 13.2 Å². The molecule has 0 saturated heterocycles. The first kappa shape index (κ1) is 19.6. The molecule has 2 amide bonds. The number of ether oxygens (including phenoxy) is 2. The molecule has 0 radical (unpaired) electrons. The van der Waals surface area contributed by atoms with E-state index in [2.05, 4.69) is 25.3 Å². The molecule has 3 aromatic rings. The number of hydrogen-bond acceptors (Lipinski definition) is 9. The Hall–Kier alpha value is -3.19. The van der Waals surface area contributed by atoms with Crippen molar-refractivity contribution >= 4 is 39.3 Å². The van der Waals surface area contributed by atoms with Crippen molar-refractivity contribution in [1.29, 1.82) is 0 Å². The second-order valence-corrected chi connectivity index (χ2v) is 7.21. The Morgan fingerprint density at radius 2 is 1.89 bits per heavy atom. The molecule has 0 saturated carbocycles. The van der Waals surface area contributed by atoms with Gasteiger partial charge in [0.15, 0.2) is 10.2 Å². The number of amides is 2. The number of carbonyl (C=O) groups excluding carboxylic acids is 1. The molecule has 0 aromatic carbocycles. The maximum atomic E-state index is 12.7. The van der Waals surface area contributed by atoms with Gasteiger partial charge in [0.25, 0.3) is 10.0 Å². The number of halogens is 1. The van der Waals surface area contributed by atoms with E-state index in [4.69, 9.17) is 21.1 Å². The second kappa shape index (κ2) is 7.44. The number of fused-ring (bicyclic) bond motifs is 1. The largest absolute Gasteiger partial charge is 0.495 e. The topological polar surface area (TPSA) is 150 Å². The number of urea groups is 1. The van der Waals surface area contributed by atoms with Crippen molar-refractivity contribution < 1.29 is 22.7 Å². The number of methoxy groups -OCH3 is 2. The van der Waals surface area contributed by atoms with Gasteiger partial charge in [-0.15, -0.1) is 0 Å². The molecule has 0 aliphatic rings. The Balaban J connectivity index is 1.90. The van der Waals surface area contributed by atoms with Crippen LogP contribution in [0.1, 0.15) is 5.82 Å². The third kappa shape index (κ3) is 3.89. The van der Waals surface area contributed by atoms with Crippen LogP contribution in [0, 0.1) is 6.92 Å². The van der Waals surface area contributed by atoms with E-state index in [0.29, 0.717) is 5.75 Å². The van der Waals surface area contributed by atoms with Crippen molar-refractivity contribution in [1.82, 2.24) is 29.1 Å². The number of aryl methyl sites for hydroxylation is 1. The van der Waals surface area contributed by atoms with Crippen molar-refractivity contribution in [2.24, 2.45) is 0 Å². The monoisotopic (exact) mass is 427 g/mol. The van der Waals surface area contributed by atoms with Gasteiger partial charge in [-0.1, -0.05) is 11.6 Å². The van der Waals surface area contributed by atoms with Crippen LogP contribution in [0.5, 0.6) is 11.8 Å².